The molecule has 0 aromatic carbocycles. The molecule has 0 rings (SSSR count). The number of rotatable bonds is 0. The first-order valence-corrected chi connectivity index (χ1v) is 7.20. The highest BCUT2D eigenvalue weighted by molar-refractivity contribution is 7.38. The van der Waals surface area contributed by atoms with Gasteiger partial charge < -0.3 is 58.7 Å². The first kappa shape index (κ1) is 30.9. The van der Waals surface area contributed by atoms with Gasteiger partial charge in [-0.1, -0.05) is 7.43 Å². The fourth-order valence-corrected chi connectivity index (χ4v) is 0. The van der Waals surface area contributed by atoms with Crippen LogP contribution in [0.4, 0.5) is 0 Å². The highest BCUT2D eigenvalue weighted by atomic mass is 31.2. The van der Waals surface area contributed by atoms with Crippen LogP contribution in [0.15, 0.2) is 0 Å². The van der Waals surface area contributed by atoms with Crippen molar-refractivity contribution in [2.45, 2.75) is 7.43 Å². The van der Waals surface area contributed by atoms with E-state index in [1.165, 1.54) is 0 Å². The average Bonchev–Trinajstić information content (AvgIpc) is 1.76. The minimum absolute atomic E-state index is 0. The number of hydrogen-bond donors (Lipinski definition) is 12. The van der Waals surface area contributed by atoms with Crippen molar-refractivity contribution in [3.8, 4) is 0 Å². The van der Waals surface area contributed by atoms with E-state index in [1.807, 2.05) is 0 Å². The summed E-state index contributed by atoms with van der Waals surface area (Å²) in [6.07, 6.45) is 0. The van der Waals surface area contributed by atoms with Gasteiger partial charge in [-0.2, -0.15) is 0 Å². The van der Waals surface area contributed by atoms with E-state index in [0.29, 0.717) is 0 Å². The third-order valence-electron chi connectivity index (χ3n) is 0. The second-order valence-corrected chi connectivity index (χ2v) is 3.22. The van der Waals surface area contributed by atoms with Gasteiger partial charge in [-0.25, -0.2) is 0 Å². The highest BCUT2D eigenvalue weighted by Gasteiger charge is 1.77. The van der Waals surface area contributed by atoms with E-state index in [4.69, 9.17) is 58.7 Å². The molecule has 0 spiro atoms. The first-order chi connectivity index (χ1) is 6.93. The van der Waals surface area contributed by atoms with Crippen LogP contribution in [0, 0.1) is 0 Å². The van der Waals surface area contributed by atoms with Crippen LogP contribution in [0.5, 0.6) is 0 Å². The molecule has 112 valence electrons. The maximum Gasteiger partial charge on any atom is 0.324 e. The van der Waals surface area contributed by atoms with Gasteiger partial charge in [0.15, 0.2) is 0 Å². The molecule has 0 saturated carbocycles. The van der Waals surface area contributed by atoms with E-state index in [1.54, 1.807) is 0 Å². The molecule has 0 bridgehead atoms. The first-order valence-electron chi connectivity index (χ1n) is 2.40. The van der Waals surface area contributed by atoms with E-state index in [-0.39, 0.29) is 7.43 Å². The fraction of sp³-hybridized carbons (Fsp3) is 1.00. The summed E-state index contributed by atoms with van der Waals surface area (Å²) in [6.45, 7) is 0. The fourth-order valence-electron chi connectivity index (χ4n) is 0. The quantitative estimate of drug-likeness (QED) is 0.202. The second kappa shape index (κ2) is 25.9. The number of hydrogen-bond acceptors (Lipinski definition) is 12. The lowest BCUT2D eigenvalue weighted by atomic mass is 12.0. The van der Waals surface area contributed by atoms with Gasteiger partial charge in [0.25, 0.3) is 0 Å². The maximum atomic E-state index is 7.23. The summed E-state index contributed by atoms with van der Waals surface area (Å²) in [6, 6.07) is 0. The molecule has 0 fully saturated rings. The summed E-state index contributed by atoms with van der Waals surface area (Å²) < 4.78 is 0. The van der Waals surface area contributed by atoms with Gasteiger partial charge in [0.1, 0.15) is 0 Å². The van der Waals surface area contributed by atoms with Crippen molar-refractivity contribution in [1.82, 2.24) is 0 Å². The molecule has 17 heavy (non-hydrogen) atoms. The van der Waals surface area contributed by atoms with Crippen LogP contribution in [0.3, 0.4) is 0 Å². The van der Waals surface area contributed by atoms with Crippen molar-refractivity contribution in [1.29, 1.82) is 0 Å². The van der Waals surface area contributed by atoms with E-state index in [2.05, 4.69) is 0 Å². The Bertz CT molecular complexity index is 61.5. The van der Waals surface area contributed by atoms with Crippen molar-refractivity contribution in [2.75, 3.05) is 0 Å². The zero-order chi connectivity index (χ0) is 14.3. The largest absolute Gasteiger partial charge is 0.328 e. The third-order valence-corrected chi connectivity index (χ3v) is 0. The molecule has 0 atom stereocenters. The molecule has 0 aliphatic rings. The minimum atomic E-state index is -2.62. The predicted molar refractivity (Wildman–Crippen MR) is 61.0 cm³/mol. The molecular weight excluding hydrogens is 328 g/mol. The van der Waals surface area contributed by atoms with E-state index in [0.717, 1.165) is 0 Å². The average molecular weight is 344 g/mol. The Balaban J connectivity index is -0.0000000369. The molecule has 0 radical (unpaired) electrons. The Kier molecular flexibility index (Phi) is 47.2. The van der Waals surface area contributed by atoms with Gasteiger partial charge in [-0.3, -0.25) is 0 Å². The molecule has 0 aromatic heterocycles. The molecule has 12 N–H and O–H groups in total. The molecule has 16 heteroatoms. The summed E-state index contributed by atoms with van der Waals surface area (Å²) in [5.41, 5.74) is 0. The Morgan fingerprint density at radius 2 is 0.294 bits per heavy atom. The van der Waals surface area contributed by atoms with Crippen LogP contribution in [0.2, 0.25) is 0 Å². The van der Waals surface area contributed by atoms with Crippen LogP contribution in [-0.2, 0) is 0 Å². The summed E-state index contributed by atoms with van der Waals surface area (Å²) in [7, 11) is -10.5. The summed E-state index contributed by atoms with van der Waals surface area (Å²) in [5, 5.41) is 0. The smallest absolute Gasteiger partial charge is 0.324 e. The SMILES string of the molecule is C.OP(O)O.OP(O)O.OP(O)O.OP(O)O. The van der Waals surface area contributed by atoms with Gasteiger partial charge in [-0.15, -0.1) is 0 Å². The molecule has 0 amide bonds. The molecule has 0 unspecified atom stereocenters. The molecule has 0 saturated heterocycles. The monoisotopic (exact) mass is 344 g/mol. The van der Waals surface area contributed by atoms with Crippen molar-refractivity contribution >= 4 is 34.4 Å². The van der Waals surface area contributed by atoms with Gasteiger partial charge >= 0.3 is 34.4 Å². The Morgan fingerprint density at radius 1 is 0.294 bits per heavy atom. The van der Waals surface area contributed by atoms with Gasteiger partial charge in [-0.05, 0) is 0 Å². The lowest BCUT2D eigenvalue weighted by molar-refractivity contribution is 0.366. The van der Waals surface area contributed by atoms with Gasteiger partial charge in [0, 0.05) is 0 Å². The zero-order valence-electron chi connectivity index (χ0n) is 7.16. The van der Waals surface area contributed by atoms with Crippen LogP contribution in [0.25, 0.3) is 0 Å². The molecule has 0 aliphatic heterocycles. The van der Waals surface area contributed by atoms with Gasteiger partial charge in [0.05, 0.1) is 0 Å². The lowest BCUT2D eigenvalue weighted by Gasteiger charge is -1.76. The Labute approximate surface area is 101 Å². The van der Waals surface area contributed by atoms with Crippen molar-refractivity contribution in [2.24, 2.45) is 0 Å². The van der Waals surface area contributed by atoms with Crippen molar-refractivity contribution in [3.05, 3.63) is 0 Å². The third kappa shape index (κ3) is 2600. The summed E-state index contributed by atoms with van der Waals surface area (Å²) >= 11 is 0. The molecule has 0 aliphatic carbocycles. The minimum Gasteiger partial charge on any atom is -0.328 e. The normalized spacial score (nSPS) is 8.47. The van der Waals surface area contributed by atoms with Gasteiger partial charge in [0.2, 0.25) is 0 Å². The van der Waals surface area contributed by atoms with E-state index in [9.17, 15) is 0 Å². The van der Waals surface area contributed by atoms with E-state index < -0.39 is 34.4 Å². The van der Waals surface area contributed by atoms with Crippen LogP contribution >= 0.6 is 34.4 Å². The summed E-state index contributed by atoms with van der Waals surface area (Å²) in [5.74, 6) is 0. The van der Waals surface area contributed by atoms with Crippen molar-refractivity contribution in [3.63, 3.8) is 0 Å². The molecule has 12 nitrogen and oxygen atoms in total. The molecule has 0 aromatic rings. The maximum absolute atomic E-state index is 7.23. The van der Waals surface area contributed by atoms with E-state index >= 15 is 0 Å². The molecular formula is CH16O12P4. The molecule has 0 heterocycles. The summed E-state index contributed by atoms with van der Waals surface area (Å²) in [4.78, 5) is 86.8. The lowest BCUT2D eigenvalue weighted by Crippen LogP contribution is -1.54. The van der Waals surface area contributed by atoms with Crippen LogP contribution in [0.1, 0.15) is 7.43 Å². The highest BCUT2D eigenvalue weighted by Crippen LogP contribution is 2.12. The van der Waals surface area contributed by atoms with Crippen LogP contribution < -0.4 is 0 Å². The predicted octanol–water partition coefficient (Wildman–Crippen LogP) is -2.60. The zero-order valence-corrected chi connectivity index (χ0v) is 10.7. The van der Waals surface area contributed by atoms with Crippen LogP contribution in [-0.4, -0.2) is 58.7 Å². The van der Waals surface area contributed by atoms with Crippen molar-refractivity contribution < 1.29 is 58.7 Å². The second-order valence-electron chi connectivity index (χ2n) is 1.07. The standard InChI is InChI=1S/CH4.4H3O3P/c;4*1-4(2)3/h1H4;4*1-3H. The Morgan fingerprint density at radius 3 is 0.294 bits per heavy atom. The Hall–Kier alpha value is 1.24. The topological polar surface area (TPSA) is 243 Å².